The van der Waals surface area contributed by atoms with Gasteiger partial charge in [0.05, 0.1) is 5.39 Å². The fourth-order valence-electron chi connectivity index (χ4n) is 3.12. The van der Waals surface area contributed by atoms with Gasteiger partial charge in [-0.1, -0.05) is 42.1 Å². The van der Waals surface area contributed by atoms with Crippen LogP contribution in [-0.2, 0) is 25.6 Å². The summed E-state index contributed by atoms with van der Waals surface area (Å²) in [6.45, 7) is 0. The van der Waals surface area contributed by atoms with Crippen molar-refractivity contribution >= 4 is 33.3 Å². The van der Waals surface area contributed by atoms with Gasteiger partial charge in [-0.05, 0) is 36.8 Å². The predicted octanol–water partition coefficient (Wildman–Crippen LogP) is 4.17. The molecule has 1 aliphatic rings. The maximum Gasteiger partial charge on any atom is 0.262 e. The van der Waals surface area contributed by atoms with Crippen molar-refractivity contribution in [2.75, 3.05) is 0 Å². The number of aromatic nitrogens is 2. The summed E-state index contributed by atoms with van der Waals surface area (Å²) in [6, 6.07) is 10.3. The Morgan fingerprint density at radius 2 is 2.00 bits per heavy atom. The molecule has 0 saturated carbocycles. The predicted molar refractivity (Wildman–Crippen MR) is 97.5 cm³/mol. The Balaban J connectivity index is 1.73. The molecule has 0 atom stereocenters. The van der Waals surface area contributed by atoms with E-state index in [1.54, 1.807) is 27.7 Å². The number of fused-ring (bicyclic) bond motifs is 3. The Labute approximate surface area is 143 Å². The second kappa shape index (κ2) is 6.13. The molecule has 0 saturated heterocycles. The number of nitrogens with zero attached hydrogens (tertiary/aromatic N) is 2. The van der Waals surface area contributed by atoms with Crippen LogP contribution in [0.1, 0.15) is 28.8 Å². The van der Waals surface area contributed by atoms with Gasteiger partial charge < -0.3 is 0 Å². The minimum Gasteiger partial charge on any atom is -0.290 e. The molecular formula is C18H18N2OS2. The molecule has 0 aliphatic heterocycles. The van der Waals surface area contributed by atoms with Crippen LogP contribution in [-0.4, -0.2) is 9.55 Å². The van der Waals surface area contributed by atoms with Gasteiger partial charge in [0.2, 0.25) is 0 Å². The van der Waals surface area contributed by atoms with Crippen molar-refractivity contribution < 1.29 is 0 Å². The average molecular weight is 342 g/mol. The molecule has 0 spiro atoms. The summed E-state index contributed by atoms with van der Waals surface area (Å²) in [5.41, 5.74) is 2.63. The molecule has 0 radical (unpaired) electrons. The van der Waals surface area contributed by atoms with Gasteiger partial charge in [-0.25, -0.2) is 4.98 Å². The van der Waals surface area contributed by atoms with Crippen LogP contribution in [0.25, 0.3) is 10.2 Å². The summed E-state index contributed by atoms with van der Waals surface area (Å²) in [4.78, 5) is 19.9. The Bertz CT molecular complexity index is 912. The quantitative estimate of drug-likeness (QED) is 0.529. The Kier molecular flexibility index (Phi) is 3.99. The topological polar surface area (TPSA) is 34.9 Å². The molecule has 118 valence electrons. The second-order valence-corrected chi connectivity index (χ2v) is 7.95. The van der Waals surface area contributed by atoms with Gasteiger partial charge in [-0.15, -0.1) is 11.3 Å². The van der Waals surface area contributed by atoms with E-state index in [0.29, 0.717) is 0 Å². The molecular weight excluding hydrogens is 324 g/mol. The third kappa shape index (κ3) is 2.72. The van der Waals surface area contributed by atoms with Gasteiger partial charge in [0, 0.05) is 17.7 Å². The van der Waals surface area contributed by atoms with Gasteiger partial charge in [0.1, 0.15) is 4.83 Å². The number of benzene rings is 1. The average Bonchev–Trinajstić information content (AvgIpc) is 2.96. The number of hydrogen-bond acceptors (Lipinski definition) is 4. The lowest BCUT2D eigenvalue weighted by molar-refractivity contribution is 0.695. The highest BCUT2D eigenvalue weighted by Crippen LogP contribution is 2.34. The summed E-state index contributed by atoms with van der Waals surface area (Å²) >= 11 is 3.35. The number of hydrogen-bond donors (Lipinski definition) is 0. The van der Waals surface area contributed by atoms with Gasteiger partial charge in [-0.3, -0.25) is 9.36 Å². The molecule has 2 heterocycles. The minimum atomic E-state index is 0.116. The van der Waals surface area contributed by atoms with Crippen LogP contribution in [0.15, 0.2) is 40.3 Å². The first-order valence-electron chi connectivity index (χ1n) is 7.92. The SMILES string of the molecule is Cn1c(SCc2ccccc2)nc2sc3c(c2c1=O)CCCC3. The van der Waals surface area contributed by atoms with Gasteiger partial charge >= 0.3 is 0 Å². The maximum absolute atomic E-state index is 12.8. The van der Waals surface area contributed by atoms with E-state index in [-0.39, 0.29) is 5.56 Å². The summed E-state index contributed by atoms with van der Waals surface area (Å²) in [7, 11) is 1.84. The van der Waals surface area contributed by atoms with E-state index >= 15 is 0 Å². The lowest BCUT2D eigenvalue weighted by Crippen LogP contribution is -2.20. The van der Waals surface area contributed by atoms with Crippen molar-refractivity contribution in [1.29, 1.82) is 0 Å². The highest BCUT2D eigenvalue weighted by Gasteiger charge is 2.21. The molecule has 0 unspecified atom stereocenters. The Morgan fingerprint density at radius 1 is 1.22 bits per heavy atom. The Morgan fingerprint density at radius 3 is 2.83 bits per heavy atom. The van der Waals surface area contributed by atoms with Crippen molar-refractivity contribution in [3.63, 3.8) is 0 Å². The van der Waals surface area contributed by atoms with Crippen molar-refractivity contribution in [3.05, 3.63) is 56.7 Å². The number of thioether (sulfide) groups is 1. The van der Waals surface area contributed by atoms with E-state index in [9.17, 15) is 4.79 Å². The molecule has 23 heavy (non-hydrogen) atoms. The third-order valence-corrected chi connectivity index (χ3v) is 6.65. The molecule has 0 amide bonds. The van der Waals surface area contributed by atoms with Crippen molar-refractivity contribution in [2.24, 2.45) is 7.05 Å². The van der Waals surface area contributed by atoms with E-state index in [1.807, 2.05) is 25.2 Å². The molecule has 3 nitrogen and oxygen atoms in total. The molecule has 1 aromatic carbocycles. The molecule has 0 bridgehead atoms. The van der Waals surface area contributed by atoms with Crippen molar-refractivity contribution in [3.8, 4) is 0 Å². The zero-order valence-corrected chi connectivity index (χ0v) is 14.7. The molecule has 1 aliphatic carbocycles. The van der Waals surface area contributed by atoms with Gasteiger partial charge in [0.25, 0.3) is 5.56 Å². The summed E-state index contributed by atoms with van der Waals surface area (Å²) in [5.74, 6) is 0.831. The molecule has 3 aromatic rings. The van der Waals surface area contributed by atoms with E-state index in [1.165, 1.54) is 28.8 Å². The van der Waals surface area contributed by atoms with Crippen LogP contribution < -0.4 is 5.56 Å². The second-order valence-electron chi connectivity index (χ2n) is 5.92. The number of thiophene rings is 1. The zero-order chi connectivity index (χ0) is 15.8. The first-order chi connectivity index (χ1) is 11.2. The molecule has 5 heteroatoms. The maximum atomic E-state index is 12.8. The largest absolute Gasteiger partial charge is 0.290 e. The molecule has 2 aromatic heterocycles. The van der Waals surface area contributed by atoms with Gasteiger partial charge in [-0.2, -0.15) is 0 Å². The van der Waals surface area contributed by atoms with Gasteiger partial charge in [0.15, 0.2) is 5.16 Å². The van der Waals surface area contributed by atoms with Crippen LogP contribution in [0.4, 0.5) is 0 Å². The number of aryl methyl sites for hydroxylation is 2. The summed E-state index contributed by atoms with van der Waals surface area (Å²) < 4.78 is 1.72. The van der Waals surface area contributed by atoms with Crippen molar-refractivity contribution in [2.45, 2.75) is 36.6 Å². The van der Waals surface area contributed by atoms with E-state index in [4.69, 9.17) is 4.98 Å². The van der Waals surface area contributed by atoms with Crippen LogP contribution >= 0.6 is 23.1 Å². The lowest BCUT2D eigenvalue weighted by Gasteiger charge is -2.10. The van der Waals surface area contributed by atoms with Crippen LogP contribution in [0.2, 0.25) is 0 Å². The van der Waals surface area contributed by atoms with E-state index < -0.39 is 0 Å². The highest BCUT2D eigenvalue weighted by atomic mass is 32.2. The van der Waals surface area contributed by atoms with E-state index in [2.05, 4.69) is 12.1 Å². The standard InChI is InChI=1S/C18H18N2OS2/c1-20-17(21)15-13-9-5-6-10-14(13)23-16(15)19-18(20)22-11-12-7-3-2-4-8-12/h2-4,7-8H,5-6,9-11H2,1H3. The molecule has 0 N–H and O–H groups in total. The monoisotopic (exact) mass is 342 g/mol. The smallest absolute Gasteiger partial charge is 0.262 e. The fraction of sp³-hybridized carbons (Fsp3) is 0.333. The van der Waals surface area contributed by atoms with E-state index in [0.717, 1.165) is 34.0 Å². The van der Waals surface area contributed by atoms with Crippen LogP contribution in [0.5, 0.6) is 0 Å². The van der Waals surface area contributed by atoms with Crippen LogP contribution in [0.3, 0.4) is 0 Å². The zero-order valence-electron chi connectivity index (χ0n) is 13.0. The number of rotatable bonds is 3. The first-order valence-corrected chi connectivity index (χ1v) is 9.72. The first kappa shape index (κ1) is 15.0. The van der Waals surface area contributed by atoms with Crippen LogP contribution in [0, 0.1) is 0 Å². The molecule has 4 rings (SSSR count). The minimum absolute atomic E-state index is 0.116. The normalized spacial score (nSPS) is 14.1. The summed E-state index contributed by atoms with van der Waals surface area (Å²) in [5, 5.41) is 1.68. The van der Waals surface area contributed by atoms with Crippen molar-refractivity contribution in [1.82, 2.24) is 9.55 Å². The fourth-order valence-corrected chi connectivity index (χ4v) is 5.35. The Hall–Kier alpha value is -1.59. The molecule has 0 fully saturated rings. The lowest BCUT2D eigenvalue weighted by atomic mass is 9.97. The third-order valence-electron chi connectivity index (χ3n) is 4.37. The highest BCUT2D eigenvalue weighted by molar-refractivity contribution is 7.98. The summed E-state index contributed by atoms with van der Waals surface area (Å²) in [6.07, 6.45) is 4.55.